The number of hydrogen-bond donors (Lipinski definition) is 1. The van der Waals surface area contributed by atoms with Gasteiger partial charge in [0.15, 0.2) is 6.61 Å². The molecule has 6 heteroatoms. The Morgan fingerprint density at radius 2 is 2.27 bits per heavy atom. The molecule has 0 amide bonds. The van der Waals surface area contributed by atoms with Gasteiger partial charge in [-0.2, -0.15) is 13.2 Å². The SMILES string of the molecule is FC(F)(F)COc1cnc[nH]1. The predicted octanol–water partition coefficient (Wildman–Crippen LogP) is 1.35. The van der Waals surface area contributed by atoms with Crippen LogP contribution in [0.3, 0.4) is 0 Å². The second-order valence-corrected chi connectivity index (χ2v) is 1.82. The van der Waals surface area contributed by atoms with Crippen molar-refractivity contribution in [2.75, 3.05) is 6.61 Å². The standard InChI is InChI=1S/C5H5F3N2O/c6-5(7,8)2-11-4-1-9-3-10-4/h1,3H,2H2,(H,9,10). The lowest BCUT2D eigenvalue weighted by Crippen LogP contribution is -2.19. The molecule has 0 aromatic carbocycles. The number of aromatic nitrogens is 2. The van der Waals surface area contributed by atoms with E-state index in [4.69, 9.17) is 0 Å². The highest BCUT2D eigenvalue weighted by molar-refractivity contribution is 5.00. The Hall–Kier alpha value is -1.20. The zero-order chi connectivity index (χ0) is 8.32. The van der Waals surface area contributed by atoms with E-state index < -0.39 is 12.8 Å². The van der Waals surface area contributed by atoms with Crippen molar-refractivity contribution in [3.05, 3.63) is 12.5 Å². The van der Waals surface area contributed by atoms with Gasteiger partial charge in [-0.15, -0.1) is 0 Å². The number of alkyl halides is 3. The first-order valence-electron chi connectivity index (χ1n) is 2.76. The molecule has 0 unspecified atom stereocenters. The third-order valence-electron chi connectivity index (χ3n) is 0.864. The van der Waals surface area contributed by atoms with Crippen LogP contribution < -0.4 is 4.74 Å². The van der Waals surface area contributed by atoms with Crippen LogP contribution in [-0.4, -0.2) is 22.8 Å². The monoisotopic (exact) mass is 166 g/mol. The molecule has 0 fully saturated rings. The third kappa shape index (κ3) is 2.92. The number of nitrogens with zero attached hydrogens (tertiary/aromatic N) is 1. The highest BCUT2D eigenvalue weighted by Gasteiger charge is 2.28. The number of H-pyrrole nitrogens is 1. The Bertz CT molecular complexity index is 206. The van der Waals surface area contributed by atoms with Crippen molar-refractivity contribution in [3.63, 3.8) is 0 Å². The summed E-state index contributed by atoms with van der Waals surface area (Å²) in [5.74, 6) is 0.0160. The number of halogens is 3. The van der Waals surface area contributed by atoms with Crippen LogP contribution in [0.25, 0.3) is 0 Å². The molecule has 11 heavy (non-hydrogen) atoms. The normalized spacial score (nSPS) is 11.5. The van der Waals surface area contributed by atoms with Crippen LogP contribution in [0.2, 0.25) is 0 Å². The third-order valence-corrected chi connectivity index (χ3v) is 0.864. The predicted molar refractivity (Wildman–Crippen MR) is 30.1 cm³/mol. The Balaban J connectivity index is 2.35. The van der Waals surface area contributed by atoms with Crippen LogP contribution in [0.4, 0.5) is 13.2 Å². The minimum atomic E-state index is -4.30. The molecule has 1 aromatic heterocycles. The van der Waals surface area contributed by atoms with E-state index in [1.54, 1.807) is 0 Å². The van der Waals surface area contributed by atoms with Gasteiger partial charge in [-0.1, -0.05) is 0 Å². The number of hydrogen-bond acceptors (Lipinski definition) is 2. The van der Waals surface area contributed by atoms with Crippen molar-refractivity contribution in [2.45, 2.75) is 6.18 Å². The summed E-state index contributed by atoms with van der Waals surface area (Å²) in [7, 11) is 0. The average Bonchev–Trinajstić information content (AvgIpc) is 2.32. The number of rotatable bonds is 2. The molecule has 0 spiro atoms. The average molecular weight is 166 g/mol. The summed E-state index contributed by atoms with van der Waals surface area (Å²) in [4.78, 5) is 5.85. The highest BCUT2D eigenvalue weighted by Crippen LogP contribution is 2.15. The maximum atomic E-state index is 11.5. The van der Waals surface area contributed by atoms with Crippen molar-refractivity contribution in [1.82, 2.24) is 9.97 Å². The molecule has 0 saturated carbocycles. The van der Waals surface area contributed by atoms with Crippen LogP contribution in [0.15, 0.2) is 12.5 Å². The van der Waals surface area contributed by atoms with Crippen LogP contribution in [0.1, 0.15) is 0 Å². The van der Waals surface area contributed by atoms with Gasteiger partial charge in [0, 0.05) is 0 Å². The number of imidazole rings is 1. The molecule has 0 aliphatic carbocycles. The molecule has 0 aliphatic rings. The van der Waals surface area contributed by atoms with Gasteiger partial charge in [-0.25, -0.2) is 4.98 Å². The zero-order valence-electron chi connectivity index (χ0n) is 5.35. The quantitative estimate of drug-likeness (QED) is 0.720. The Morgan fingerprint density at radius 1 is 1.55 bits per heavy atom. The van der Waals surface area contributed by atoms with Gasteiger partial charge in [0.05, 0.1) is 12.5 Å². The fourth-order valence-electron chi connectivity index (χ4n) is 0.482. The summed E-state index contributed by atoms with van der Waals surface area (Å²) in [5, 5.41) is 0. The molecule has 1 heterocycles. The summed E-state index contributed by atoms with van der Waals surface area (Å²) < 4.78 is 38.7. The van der Waals surface area contributed by atoms with E-state index in [-0.39, 0.29) is 5.88 Å². The van der Waals surface area contributed by atoms with Gasteiger partial charge in [0.1, 0.15) is 0 Å². The van der Waals surface area contributed by atoms with Crippen molar-refractivity contribution in [2.24, 2.45) is 0 Å². The molecule has 0 radical (unpaired) electrons. The van der Waals surface area contributed by atoms with Crippen molar-refractivity contribution >= 4 is 0 Å². The van der Waals surface area contributed by atoms with E-state index >= 15 is 0 Å². The fraction of sp³-hybridized carbons (Fsp3) is 0.400. The van der Waals surface area contributed by atoms with Crippen LogP contribution in [-0.2, 0) is 0 Å². The second-order valence-electron chi connectivity index (χ2n) is 1.82. The molecular weight excluding hydrogens is 161 g/mol. The smallest absolute Gasteiger partial charge is 0.422 e. The molecular formula is C5H5F3N2O. The first-order chi connectivity index (χ1) is 5.08. The summed E-state index contributed by atoms with van der Waals surface area (Å²) in [6, 6.07) is 0. The summed E-state index contributed by atoms with van der Waals surface area (Å²) >= 11 is 0. The van der Waals surface area contributed by atoms with E-state index in [2.05, 4.69) is 14.7 Å². The first-order valence-corrected chi connectivity index (χ1v) is 2.76. The van der Waals surface area contributed by atoms with E-state index in [9.17, 15) is 13.2 Å². The maximum absolute atomic E-state index is 11.5. The minimum Gasteiger partial charge on any atom is -0.468 e. The van der Waals surface area contributed by atoms with Gasteiger partial charge in [0.2, 0.25) is 5.88 Å². The van der Waals surface area contributed by atoms with Crippen molar-refractivity contribution < 1.29 is 17.9 Å². The number of nitrogens with one attached hydrogen (secondary N) is 1. The molecule has 0 aliphatic heterocycles. The zero-order valence-corrected chi connectivity index (χ0v) is 5.35. The van der Waals surface area contributed by atoms with Gasteiger partial charge >= 0.3 is 6.18 Å². The van der Waals surface area contributed by atoms with Crippen LogP contribution >= 0.6 is 0 Å². The minimum absolute atomic E-state index is 0.0160. The summed E-state index contributed by atoms with van der Waals surface area (Å²) in [6.07, 6.45) is -1.89. The van der Waals surface area contributed by atoms with Crippen molar-refractivity contribution in [1.29, 1.82) is 0 Å². The highest BCUT2D eigenvalue weighted by atomic mass is 19.4. The van der Waals surface area contributed by atoms with E-state index in [0.29, 0.717) is 0 Å². The Labute approximate surface area is 60.2 Å². The van der Waals surface area contributed by atoms with Crippen LogP contribution in [0.5, 0.6) is 5.88 Å². The topological polar surface area (TPSA) is 37.9 Å². The Morgan fingerprint density at radius 3 is 2.73 bits per heavy atom. The molecule has 1 rings (SSSR count). The van der Waals surface area contributed by atoms with Crippen molar-refractivity contribution in [3.8, 4) is 5.88 Å². The molecule has 0 atom stereocenters. The molecule has 0 bridgehead atoms. The largest absolute Gasteiger partial charge is 0.468 e. The maximum Gasteiger partial charge on any atom is 0.422 e. The fourth-order valence-corrected chi connectivity index (χ4v) is 0.482. The van der Waals surface area contributed by atoms with Crippen LogP contribution in [0, 0.1) is 0 Å². The summed E-state index contributed by atoms with van der Waals surface area (Å²) in [6.45, 7) is -1.30. The second kappa shape index (κ2) is 2.81. The number of aromatic amines is 1. The van der Waals surface area contributed by atoms with Gasteiger partial charge in [0.25, 0.3) is 0 Å². The molecule has 3 nitrogen and oxygen atoms in total. The van der Waals surface area contributed by atoms with Gasteiger partial charge in [-0.3, -0.25) is 0 Å². The van der Waals surface area contributed by atoms with E-state index in [1.807, 2.05) is 0 Å². The Kier molecular flexibility index (Phi) is 2.02. The van der Waals surface area contributed by atoms with Gasteiger partial charge < -0.3 is 9.72 Å². The lowest BCUT2D eigenvalue weighted by Gasteiger charge is -2.05. The molecule has 1 N–H and O–H groups in total. The summed E-state index contributed by atoms with van der Waals surface area (Å²) in [5.41, 5.74) is 0. The van der Waals surface area contributed by atoms with E-state index in [1.165, 1.54) is 12.5 Å². The molecule has 0 saturated heterocycles. The number of ether oxygens (including phenoxy) is 1. The van der Waals surface area contributed by atoms with E-state index in [0.717, 1.165) is 0 Å². The first kappa shape index (κ1) is 7.90. The lowest BCUT2D eigenvalue weighted by atomic mass is 10.7. The molecule has 62 valence electrons. The lowest BCUT2D eigenvalue weighted by molar-refractivity contribution is -0.154. The van der Waals surface area contributed by atoms with Gasteiger partial charge in [-0.05, 0) is 0 Å². The molecule has 1 aromatic rings.